The van der Waals surface area contributed by atoms with Crippen molar-refractivity contribution in [1.29, 1.82) is 0 Å². The van der Waals surface area contributed by atoms with Crippen LogP contribution >= 0.6 is 0 Å². The van der Waals surface area contributed by atoms with E-state index in [1.54, 1.807) is 0 Å². The van der Waals surface area contributed by atoms with Gasteiger partial charge in [0.1, 0.15) is 48.8 Å². The van der Waals surface area contributed by atoms with Crippen LogP contribution in [0.25, 0.3) is 0 Å². The average molecular weight is 342 g/mol. The molecule has 11 heteroatoms. The molecule has 0 aliphatic carbocycles. The molecule has 2 aliphatic heterocycles. The third-order valence-electron chi connectivity index (χ3n) is 3.98. The maximum Gasteiger partial charge on any atom is 0.187 e. The molecule has 11 nitrogen and oxygen atoms in total. The smallest absolute Gasteiger partial charge is 0.187 e. The highest BCUT2D eigenvalue weighted by atomic mass is 16.7. The molecule has 2 saturated heterocycles. The molecular weight excluding hydrogens is 320 g/mol. The van der Waals surface area contributed by atoms with Crippen molar-refractivity contribution in [3.63, 3.8) is 0 Å². The largest absolute Gasteiger partial charge is 0.394 e. The molecule has 2 heterocycles. The summed E-state index contributed by atoms with van der Waals surface area (Å²) in [5, 5.41) is 76.5. The summed E-state index contributed by atoms with van der Waals surface area (Å²) in [5.41, 5.74) is 0. The number of aliphatic hydroxyl groups excluding tert-OH is 8. The zero-order valence-electron chi connectivity index (χ0n) is 12.0. The molecule has 23 heavy (non-hydrogen) atoms. The van der Waals surface area contributed by atoms with Gasteiger partial charge < -0.3 is 55.1 Å². The lowest BCUT2D eigenvalue weighted by Gasteiger charge is -2.45. The molecule has 2 aliphatic rings. The highest BCUT2D eigenvalue weighted by molar-refractivity contribution is 4.93. The Morgan fingerprint density at radius 3 is 1.83 bits per heavy atom. The lowest BCUT2D eigenvalue weighted by atomic mass is 9.97. The Bertz CT molecular complexity index is 378. The second-order valence-corrected chi connectivity index (χ2v) is 5.53. The fourth-order valence-corrected chi connectivity index (χ4v) is 2.57. The maximum absolute atomic E-state index is 9.94. The van der Waals surface area contributed by atoms with Crippen LogP contribution in [0.3, 0.4) is 0 Å². The first-order chi connectivity index (χ1) is 10.8. The SMILES string of the molecule is OC[C@@H]1O[C@H](O[C@H]2[C@H](O)[C@@H](O)[C@H](O)O[C@@H]2CO)[C@H](O)[C@@H](O)[C@@H]1O. The molecule has 136 valence electrons. The minimum atomic E-state index is -1.74. The lowest BCUT2D eigenvalue weighted by molar-refractivity contribution is -0.355. The predicted molar refractivity (Wildman–Crippen MR) is 68.6 cm³/mol. The first-order valence-corrected chi connectivity index (χ1v) is 7.08. The number of hydrogen-bond donors (Lipinski definition) is 8. The summed E-state index contributed by atoms with van der Waals surface area (Å²) in [6.07, 6.45) is -15.6. The van der Waals surface area contributed by atoms with Crippen molar-refractivity contribution in [2.45, 2.75) is 61.4 Å². The average Bonchev–Trinajstić information content (AvgIpc) is 2.55. The van der Waals surface area contributed by atoms with Crippen molar-refractivity contribution in [3.05, 3.63) is 0 Å². The molecular formula is C12H22O11. The van der Waals surface area contributed by atoms with Gasteiger partial charge in [-0.15, -0.1) is 0 Å². The van der Waals surface area contributed by atoms with Crippen molar-refractivity contribution in [2.75, 3.05) is 13.2 Å². The standard InChI is InChI=1S/C12H22O11/c13-1-3-5(15)6(16)9(19)12(22-3)23-10-4(2-14)21-11(20)8(18)7(10)17/h3-20H,1-2H2/t3-,4+,5+,6-,7+,8+,9+,10+,11+,12+/m0/s1. The molecule has 0 aromatic rings. The Labute approximate surface area is 130 Å². The van der Waals surface area contributed by atoms with Crippen molar-refractivity contribution >= 4 is 0 Å². The van der Waals surface area contributed by atoms with Gasteiger partial charge in [0.15, 0.2) is 12.6 Å². The Balaban J connectivity index is 2.11. The molecule has 2 rings (SSSR count). The normalized spacial score (nSPS) is 51.7. The molecule has 0 saturated carbocycles. The Hall–Kier alpha value is -0.440. The van der Waals surface area contributed by atoms with Gasteiger partial charge in [0, 0.05) is 0 Å². The predicted octanol–water partition coefficient (Wildman–Crippen LogP) is -5.40. The Kier molecular flexibility index (Phi) is 6.27. The summed E-state index contributed by atoms with van der Waals surface area (Å²) in [6.45, 7) is -1.35. The Morgan fingerprint density at radius 2 is 1.26 bits per heavy atom. The van der Waals surface area contributed by atoms with E-state index in [1.807, 2.05) is 0 Å². The van der Waals surface area contributed by atoms with E-state index in [2.05, 4.69) is 0 Å². The minimum Gasteiger partial charge on any atom is -0.394 e. The Morgan fingerprint density at radius 1 is 0.652 bits per heavy atom. The first kappa shape index (κ1) is 18.9. The number of ether oxygens (including phenoxy) is 3. The molecule has 0 spiro atoms. The van der Waals surface area contributed by atoms with E-state index >= 15 is 0 Å². The molecule has 0 bridgehead atoms. The van der Waals surface area contributed by atoms with E-state index in [4.69, 9.17) is 19.3 Å². The molecule has 8 N–H and O–H groups in total. The number of rotatable bonds is 4. The third-order valence-corrected chi connectivity index (χ3v) is 3.98. The zero-order valence-corrected chi connectivity index (χ0v) is 12.0. The van der Waals surface area contributed by atoms with Gasteiger partial charge in [-0.1, -0.05) is 0 Å². The van der Waals surface area contributed by atoms with Crippen molar-refractivity contribution in [1.82, 2.24) is 0 Å². The topological polar surface area (TPSA) is 190 Å². The fourth-order valence-electron chi connectivity index (χ4n) is 2.57. The van der Waals surface area contributed by atoms with E-state index in [0.717, 1.165) is 0 Å². The quantitative estimate of drug-likeness (QED) is 0.243. The van der Waals surface area contributed by atoms with Gasteiger partial charge in [-0.2, -0.15) is 0 Å². The minimum absolute atomic E-state index is 0.667. The van der Waals surface area contributed by atoms with Crippen LogP contribution < -0.4 is 0 Å². The van der Waals surface area contributed by atoms with Gasteiger partial charge in [-0.05, 0) is 0 Å². The third kappa shape index (κ3) is 3.65. The van der Waals surface area contributed by atoms with Gasteiger partial charge in [0.05, 0.1) is 13.2 Å². The second-order valence-electron chi connectivity index (χ2n) is 5.53. The van der Waals surface area contributed by atoms with Crippen molar-refractivity contribution in [3.8, 4) is 0 Å². The van der Waals surface area contributed by atoms with E-state index in [9.17, 15) is 35.7 Å². The summed E-state index contributed by atoms with van der Waals surface area (Å²) in [7, 11) is 0. The van der Waals surface area contributed by atoms with Gasteiger partial charge in [-0.25, -0.2) is 0 Å². The molecule has 10 atom stereocenters. The molecule has 0 amide bonds. The molecule has 2 fully saturated rings. The highest BCUT2D eigenvalue weighted by Crippen LogP contribution is 2.28. The van der Waals surface area contributed by atoms with Gasteiger partial charge in [0.2, 0.25) is 0 Å². The van der Waals surface area contributed by atoms with Gasteiger partial charge in [0.25, 0.3) is 0 Å². The van der Waals surface area contributed by atoms with Crippen LogP contribution in [0.15, 0.2) is 0 Å². The van der Waals surface area contributed by atoms with E-state index in [0.29, 0.717) is 0 Å². The molecule has 0 radical (unpaired) electrons. The monoisotopic (exact) mass is 342 g/mol. The van der Waals surface area contributed by atoms with Gasteiger partial charge >= 0.3 is 0 Å². The zero-order chi connectivity index (χ0) is 17.3. The molecule has 0 aromatic heterocycles. The number of hydrogen-bond acceptors (Lipinski definition) is 11. The van der Waals surface area contributed by atoms with E-state index in [1.165, 1.54) is 0 Å². The van der Waals surface area contributed by atoms with Gasteiger partial charge in [-0.3, -0.25) is 0 Å². The van der Waals surface area contributed by atoms with Crippen LogP contribution in [-0.2, 0) is 14.2 Å². The van der Waals surface area contributed by atoms with Crippen LogP contribution in [-0.4, -0.2) is 115 Å². The fraction of sp³-hybridized carbons (Fsp3) is 1.00. The summed E-state index contributed by atoms with van der Waals surface area (Å²) in [5.74, 6) is 0. The maximum atomic E-state index is 9.94. The molecule has 0 unspecified atom stereocenters. The van der Waals surface area contributed by atoms with Crippen LogP contribution in [0.5, 0.6) is 0 Å². The summed E-state index contributed by atoms with van der Waals surface area (Å²) < 4.78 is 15.3. The summed E-state index contributed by atoms with van der Waals surface area (Å²) in [6, 6.07) is 0. The second kappa shape index (κ2) is 7.63. The van der Waals surface area contributed by atoms with E-state index in [-0.39, 0.29) is 0 Å². The van der Waals surface area contributed by atoms with Crippen LogP contribution in [0, 0.1) is 0 Å². The van der Waals surface area contributed by atoms with Crippen molar-refractivity contribution < 1.29 is 55.1 Å². The van der Waals surface area contributed by atoms with Crippen LogP contribution in [0.1, 0.15) is 0 Å². The first-order valence-electron chi connectivity index (χ1n) is 7.08. The summed E-state index contributed by atoms with van der Waals surface area (Å²) in [4.78, 5) is 0. The lowest BCUT2D eigenvalue weighted by Crippen LogP contribution is -2.64. The van der Waals surface area contributed by atoms with E-state index < -0.39 is 74.6 Å². The highest BCUT2D eigenvalue weighted by Gasteiger charge is 2.50. The van der Waals surface area contributed by atoms with Crippen LogP contribution in [0.4, 0.5) is 0 Å². The van der Waals surface area contributed by atoms with Crippen LogP contribution in [0.2, 0.25) is 0 Å². The number of aliphatic hydroxyl groups is 8. The summed E-state index contributed by atoms with van der Waals surface area (Å²) >= 11 is 0. The van der Waals surface area contributed by atoms with Crippen molar-refractivity contribution in [2.24, 2.45) is 0 Å². The molecule has 0 aromatic carbocycles.